The predicted octanol–water partition coefficient (Wildman–Crippen LogP) is 9.73. The molecule has 0 aliphatic heterocycles. The van der Waals surface area contributed by atoms with Crippen molar-refractivity contribution in [1.29, 1.82) is 0 Å². The minimum atomic E-state index is -5.51. The molecule has 3 nitrogen and oxygen atoms in total. The molecule has 3 N–H and O–H groups in total. The third-order valence-electron chi connectivity index (χ3n) is 8.59. The van der Waals surface area contributed by atoms with Crippen molar-refractivity contribution in [2.24, 2.45) is 5.92 Å². The van der Waals surface area contributed by atoms with Gasteiger partial charge in [0.2, 0.25) is 0 Å². The molecule has 0 radical (unpaired) electrons. The van der Waals surface area contributed by atoms with Crippen molar-refractivity contribution in [2.75, 3.05) is 0 Å². The maximum atomic E-state index is 12.7. The van der Waals surface area contributed by atoms with E-state index in [0.717, 1.165) is 47.9 Å². The SMILES string of the molecule is CCCCC(CC)C(c1ccc(C(C)(C)C)cc1C(C)(C)C)P(O)(O)(O)c1ccc(C(C)(C)C)cc1C(C)(C)C. The molecule has 40 heavy (non-hydrogen) atoms. The van der Waals surface area contributed by atoms with E-state index in [1.54, 1.807) is 0 Å². The van der Waals surface area contributed by atoms with Crippen LogP contribution in [0.3, 0.4) is 0 Å². The van der Waals surface area contributed by atoms with E-state index in [9.17, 15) is 14.7 Å². The zero-order chi connectivity index (χ0) is 31.1. The molecule has 228 valence electrons. The maximum absolute atomic E-state index is 12.7. The summed E-state index contributed by atoms with van der Waals surface area (Å²) in [6, 6.07) is 12.4. The van der Waals surface area contributed by atoms with Gasteiger partial charge in [-0.25, -0.2) is 0 Å². The van der Waals surface area contributed by atoms with E-state index in [-0.39, 0.29) is 22.2 Å². The Morgan fingerprint density at radius 3 is 1.48 bits per heavy atom. The van der Waals surface area contributed by atoms with Crippen LogP contribution < -0.4 is 5.30 Å². The summed E-state index contributed by atoms with van der Waals surface area (Å²) in [5.41, 5.74) is 3.47. The van der Waals surface area contributed by atoms with Gasteiger partial charge in [0, 0.05) is 0 Å². The van der Waals surface area contributed by atoms with E-state index in [0.29, 0.717) is 5.30 Å². The number of hydrogen-bond donors (Lipinski definition) is 3. The summed E-state index contributed by atoms with van der Waals surface area (Å²) in [6.45, 7) is 30.2. The topological polar surface area (TPSA) is 60.7 Å². The zero-order valence-corrected chi connectivity index (χ0v) is 29.1. The van der Waals surface area contributed by atoms with Gasteiger partial charge in [0.15, 0.2) is 0 Å². The van der Waals surface area contributed by atoms with E-state index < -0.39 is 18.4 Å². The van der Waals surface area contributed by atoms with Gasteiger partial charge in [0.25, 0.3) is 0 Å². The minimum absolute atomic E-state index is 0.0499. The fourth-order valence-corrected chi connectivity index (χ4v) is 9.40. The molecule has 2 aromatic carbocycles. The molecular weight excluding hydrogens is 511 g/mol. The Labute approximate surface area is 247 Å². The molecule has 2 aromatic rings. The fraction of sp³-hybridized carbons (Fsp3) is 0.667. The molecule has 2 atom stereocenters. The van der Waals surface area contributed by atoms with Gasteiger partial charge in [0.05, 0.1) is 0 Å². The van der Waals surface area contributed by atoms with Gasteiger partial charge in [-0.2, -0.15) is 0 Å². The Morgan fingerprint density at radius 1 is 0.625 bits per heavy atom. The summed E-state index contributed by atoms with van der Waals surface area (Å²) in [6.07, 6.45) is 3.57. The van der Waals surface area contributed by atoms with Crippen molar-refractivity contribution in [3.63, 3.8) is 0 Å². The van der Waals surface area contributed by atoms with Crippen LogP contribution in [-0.4, -0.2) is 14.7 Å². The molecule has 0 bridgehead atoms. The summed E-state index contributed by atoms with van der Waals surface area (Å²) in [5.74, 6) is -0.0886. The monoisotopic (exact) mass is 572 g/mol. The summed E-state index contributed by atoms with van der Waals surface area (Å²) in [5, 5.41) is 0.311. The first kappa shape index (κ1) is 34.9. The normalized spacial score (nSPS) is 16.4. The Kier molecular flexibility index (Phi) is 10.00. The van der Waals surface area contributed by atoms with E-state index >= 15 is 0 Å². The molecule has 0 fully saturated rings. The second kappa shape index (κ2) is 11.4. The van der Waals surface area contributed by atoms with Crippen molar-refractivity contribution in [2.45, 2.75) is 150 Å². The average Bonchev–Trinajstić information content (AvgIpc) is 2.78. The number of hydrogen-bond acceptors (Lipinski definition) is 3. The summed E-state index contributed by atoms with van der Waals surface area (Å²) in [7, 11) is -5.51. The van der Waals surface area contributed by atoms with Crippen molar-refractivity contribution in [1.82, 2.24) is 0 Å². The second-order valence-electron chi connectivity index (χ2n) is 16.3. The fourth-order valence-electron chi connectivity index (χ4n) is 6.01. The molecule has 0 aliphatic rings. The van der Waals surface area contributed by atoms with Gasteiger partial charge in [-0.05, 0) is 0 Å². The van der Waals surface area contributed by atoms with Crippen molar-refractivity contribution in [3.05, 3.63) is 64.2 Å². The van der Waals surface area contributed by atoms with E-state index in [2.05, 4.69) is 121 Å². The van der Waals surface area contributed by atoms with Crippen LogP contribution in [0, 0.1) is 5.92 Å². The van der Waals surface area contributed by atoms with Crippen molar-refractivity contribution < 1.29 is 14.7 Å². The standard InChI is InChI=1S/C36H61O3P/c1-15-17-18-25(16-2)32(28-21-19-26(33(3,4)5)23-29(28)35(9,10)11)40(37,38,39)31-22-20-27(34(6,7)8)24-30(31)36(12,13)14/h19-25,32,37-39H,15-18H2,1-14H3. The van der Waals surface area contributed by atoms with E-state index in [1.165, 1.54) is 5.56 Å². The molecule has 2 rings (SSSR count). The van der Waals surface area contributed by atoms with Gasteiger partial charge in [-0.1, -0.05) is 0 Å². The van der Waals surface area contributed by atoms with Gasteiger partial charge < -0.3 is 0 Å². The number of unbranched alkanes of at least 4 members (excludes halogenated alkanes) is 1. The van der Waals surface area contributed by atoms with Crippen LogP contribution in [0.4, 0.5) is 0 Å². The first-order valence-electron chi connectivity index (χ1n) is 15.4. The zero-order valence-electron chi connectivity index (χ0n) is 28.2. The van der Waals surface area contributed by atoms with Crippen LogP contribution in [0.2, 0.25) is 0 Å². The van der Waals surface area contributed by atoms with Crippen LogP contribution in [-0.2, 0) is 21.7 Å². The molecule has 2 unspecified atom stereocenters. The first-order chi connectivity index (χ1) is 17.8. The molecule has 0 amide bonds. The van der Waals surface area contributed by atoms with Gasteiger partial charge in [-0.3, -0.25) is 0 Å². The molecule has 0 heterocycles. The molecule has 0 aliphatic carbocycles. The summed E-state index contributed by atoms with van der Waals surface area (Å²) < 4.78 is 0. The third-order valence-corrected chi connectivity index (χ3v) is 11.6. The first-order valence-corrected chi connectivity index (χ1v) is 17.6. The molecule has 0 saturated heterocycles. The Morgan fingerprint density at radius 2 is 1.07 bits per heavy atom. The van der Waals surface area contributed by atoms with Crippen LogP contribution in [0.25, 0.3) is 0 Å². The molecule has 0 aromatic heterocycles. The second-order valence-corrected chi connectivity index (χ2v) is 19.5. The van der Waals surface area contributed by atoms with Crippen LogP contribution in [0.15, 0.2) is 36.4 Å². The summed E-state index contributed by atoms with van der Waals surface area (Å²) >= 11 is 0. The van der Waals surface area contributed by atoms with E-state index in [1.807, 2.05) is 12.1 Å². The van der Waals surface area contributed by atoms with Gasteiger partial charge >= 0.3 is 247 Å². The summed E-state index contributed by atoms with van der Waals surface area (Å²) in [4.78, 5) is 38.0. The quantitative estimate of drug-likeness (QED) is 0.276. The molecule has 0 spiro atoms. The van der Waals surface area contributed by atoms with E-state index in [4.69, 9.17) is 0 Å². The van der Waals surface area contributed by atoms with Gasteiger partial charge in [-0.15, -0.1) is 0 Å². The molecule has 4 heteroatoms. The predicted molar refractivity (Wildman–Crippen MR) is 177 cm³/mol. The van der Waals surface area contributed by atoms with Crippen LogP contribution in [0.1, 0.15) is 156 Å². The number of rotatable bonds is 8. The Hall–Kier alpha value is -1.25. The van der Waals surface area contributed by atoms with Crippen LogP contribution in [0.5, 0.6) is 0 Å². The average molecular weight is 573 g/mol. The van der Waals surface area contributed by atoms with Gasteiger partial charge in [0.1, 0.15) is 0 Å². The molecular formula is C36H61O3P. The Balaban J connectivity index is 3.08. The molecule has 0 saturated carbocycles. The van der Waals surface area contributed by atoms with Crippen LogP contribution >= 0.6 is 7.28 Å². The number of benzene rings is 2. The third kappa shape index (κ3) is 7.57. The van der Waals surface area contributed by atoms with Crippen molar-refractivity contribution in [3.8, 4) is 0 Å². The van der Waals surface area contributed by atoms with Crippen molar-refractivity contribution >= 4 is 12.6 Å². The Bertz CT molecular complexity index is 1160.